The summed E-state index contributed by atoms with van der Waals surface area (Å²) in [4.78, 5) is 2.24. The molecule has 2 atom stereocenters. The molecule has 2 aliphatic heterocycles. The summed E-state index contributed by atoms with van der Waals surface area (Å²) in [7, 11) is 0. The maximum absolute atomic E-state index is 14.0. The summed E-state index contributed by atoms with van der Waals surface area (Å²) in [5.74, 6) is 0.199. The monoisotopic (exact) mass is 187 g/mol. The van der Waals surface area contributed by atoms with Gasteiger partial charge in [-0.05, 0) is 25.8 Å². The number of nitrogens with zero attached hydrogens (tertiary/aromatic N) is 1. The average molecular weight is 187 g/mol. The van der Waals surface area contributed by atoms with Gasteiger partial charge in [0.2, 0.25) is 0 Å². The molecule has 3 heteroatoms. The van der Waals surface area contributed by atoms with Crippen molar-refractivity contribution in [2.45, 2.75) is 32.0 Å². The molecule has 2 unspecified atom stereocenters. The first-order chi connectivity index (χ1) is 6.09. The van der Waals surface area contributed by atoms with E-state index in [1.165, 1.54) is 0 Å². The van der Waals surface area contributed by atoms with E-state index in [1.54, 1.807) is 6.92 Å². The number of piperidine rings is 1. The van der Waals surface area contributed by atoms with E-state index in [-0.39, 0.29) is 5.92 Å². The SMILES string of the molecule is CC1CCN(C2COC2)CC1(C)F. The molecule has 0 saturated carbocycles. The second-order valence-electron chi connectivity index (χ2n) is 4.63. The molecule has 0 radical (unpaired) electrons. The van der Waals surface area contributed by atoms with Crippen LogP contribution >= 0.6 is 0 Å². The fourth-order valence-corrected chi connectivity index (χ4v) is 2.04. The van der Waals surface area contributed by atoms with Crippen molar-refractivity contribution in [3.63, 3.8) is 0 Å². The first kappa shape index (κ1) is 9.41. The summed E-state index contributed by atoms with van der Waals surface area (Å²) in [6.45, 7) is 6.95. The molecule has 0 aromatic carbocycles. The highest BCUT2D eigenvalue weighted by atomic mass is 19.1. The topological polar surface area (TPSA) is 12.5 Å². The summed E-state index contributed by atoms with van der Waals surface area (Å²) in [5, 5.41) is 0. The molecule has 2 nitrogen and oxygen atoms in total. The van der Waals surface area contributed by atoms with Gasteiger partial charge in [0, 0.05) is 6.54 Å². The number of ether oxygens (including phenoxy) is 1. The quantitative estimate of drug-likeness (QED) is 0.616. The highest BCUT2D eigenvalue weighted by Gasteiger charge is 2.40. The van der Waals surface area contributed by atoms with E-state index in [2.05, 4.69) is 4.90 Å². The van der Waals surface area contributed by atoms with Crippen molar-refractivity contribution in [2.75, 3.05) is 26.3 Å². The van der Waals surface area contributed by atoms with Gasteiger partial charge in [0.15, 0.2) is 0 Å². The molecule has 0 amide bonds. The predicted octanol–water partition coefficient (Wildman–Crippen LogP) is 1.46. The normalized spacial score (nSPS) is 43.2. The molecule has 76 valence electrons. The smallest absolute Gasteiger partial charge is 0.123 e. The van der Waals surface area contributed by atoms with Crippen LogP contribution < -0.4 is 0 Å². The first-order valence-corrected chi connectivity index (χ1v) is 5.10. The minimum absolute atomic E-state index is 0.199. The van der Waals surface area contributed by atoms with E-state index in [4.69, 9.17) is 4.74 Å². The number of rotatable bonds is 1. The zero-order valence-electron chi connectivity index (χ0n) is 8.42. The van der Waals surface area contributed by atoms with Gasteiger partial charge < -0.3 is 4.74 Å². The molecular weight excluding hydrogens is 169 g/mol. The van der Waals surface area contributed by atoms with Crippen molar-refractivity contribution >= 4 is 0 Å². The van der Waals surface area contributed by atoms with Crippen LogP contribution in [-0.4, -0.2) is 42.9 Å². The van der Waals surface area contributed by atoms with Gasteiger partial charge in [0.1, 0.15) is 5.67 Å². The molecule has 0 spiro atoms. The van der Waals surface area contributed by atoms with Crippen LogP contribution in [0.25, 0.3) is 0 Å². The van der Waals surface area contributed by atoms with Crippen LogP contribution in [-0.2, 0) is 4.74 Å². The molecule has 0 N–H and O–H groups in total. The minimum atomic E-state index is -1.01. The zero-order chi connectivity index (χ0) is 9.47. The lowest BCUT2D eigenvalue weighted by molar-refractivity contribution is -0.101. The summed E-state index contributed by atoms with van der Waals surface area (Å²) in [6, 6.07) is 0.488. The third-order valence-electron chi connectivity index (χ3n) is 3.53. The fourth-order valence-electron chi connectivity index (χ4n) is 2.04. The van der Waals surface area contributed by atoms with Crippen molar-refractivity contribution in [1.29, 1.82) is 0 Å². The number of hydrogen-bond acceptors (Lipinski definition) is 2. The third kappa shape index (κ3) is 1.72. The van der Waals surface area contributed by atoms with Gasteiger partial charge in [-0.1, -0.05) is 6.92 Å². The largest absolute Gasteiger partial charge is 0.378 e. The van der Waals surface area contributed by atoms with Crippen molar-refractivity contribution in [3.05, 3.63) is 0 Å². The van der Waals surface area contributed by atoms with E-state index < -0.39 is 5.67 Å². The van der Waals surface area contributed by atoms with Gasteiger partial charge in [-0.25, -0.2) is 4.39 Å². The van der Waals surface area contributed by atoms with Crippen LogP contribution in [0.15, 0.2) is 0 Å². The fraction of sp³-hybridized carbons (Fsp3) is 1.00. The van der Waals surface area contributed by atoms with E-state index in [0.29, 0.717) is 12.6 Å². The number of hydrogen-bond donors (Lipinski definition) is 0. The van der Waals surface area contributed by atoms with Gasteiger partial charge in [-0.2, -0.15) is 0 Å². The van der Waals surface area contributed by atoms with Crippen LogP contribution in [0.4, 0.5) is 4.39 Å². The molecule has 2 rings (SSSR count). The predicted molar refractivity (Wildman–Crippen MR) is 49.5 cm³/mol. The lowest BCUT2D eigenvalue weighted by atomic mass is 9.85. The van der Waals surface area contributed by atoms with Crippen LogP contribution in [0.3, 0.4) is 0 Å². The Labute approximate surface area is 79.1 Å². The highest BCUT2D eigenvalue weighted by molar-refractivity contribution is 4.92. The Morgan fingerprint density at radius 1 is 1.46 bits per heavy atom. The maximum Gasteiger partial charge on any atom is 0.123 e. The summed E-state index contributed by atoms with van der Waals surface area (Å²) in [5.41, 5.74) is -1.01. The molecule has 0 aromatic heterocycles. The summed E-state index contributed by atoms with van der Waals surface area (Å²) in [6.07, 6.45) is 0.976. The van der Waals surface area contributed by atoms with Crippen molar-refractivity contribution in [3.8, 4) is 0 Å². The van der Waals surface area contributed by atoms with E-state index in [9.17, 15) is 4.39 Å². The van der Waals surface area contributed by atoms with Gasteiger partial charge >= 0.3 is 0 Å². The zero-order valence-corrected chi connectivity index (χ0v) is 8.42. The third-order valence-corrected chi connectivity index (χ3v) is 3.53. The molecule has 0 aliphatic carbocycles. The van der Waals surface area contributed by atoms with Gasteiger partial charge in [0.25, 0.3) is 0 Å². The van der Waals surface area contributed by atoms with Gasteiger partial charge in [0.05, 0.1) is 19.3 Å². The Balaban J connectivity index is 1.94. The number of alkyl halides is 1. The molecule has 2 fully saturated rings. The second kappa shape index (κ2) is 3.21. The minimum Gasteiger partial charge on any atom is -0.378 e. The maximum atomic E-state index is 14.0. The Hall–Kier alpha value is -0.150. The first-order valence-electron chi connectivity index (χ1n) is 5.10. The molecule has 13 heavy (non-hydrogen) atoms. The van der Waals surface area contributed by atoms with Crippen LogP contribution in [0, 0.1) is 5.92 Å². The Morgan fingerprint density at radius 3 is 2.62 bits per heavy atom. The molecule has 2 heterocycles. The Kier molecular flexibility index (Phi) is 2.32. The van der Waals surface area contributed by atoms with Crippen molar-refractivity contribution in [2.24, 2.45) is 5.92 Å². The van der Waals surface area contributed by atoms with Crippen LogP contribution in [0.5, 0.6) is 0 Å². The number of halogens is 1. The van der Waals surface area contributed by atoms with Crippen molar-refractivity contribution in [1.82, 2.24) is 4.90 Å². The van der Waals surface area contributed by atoms with E-state index in [1.807, 2.05) is 6.92 Å². The van der Waals surface area contributed by atoms with Crippen LogP contribution in [0.2, 0.25) is 0 Å². The Bertz CT molecular complexity index is 191. The van der Waals surface area contributed by atoms with E-state index >= 15 is 0 Å². The molecule has 2 aliphatic rings. The standard InChI is InChI=1S/C10H18FNO/c1-8-3-4-12(7-10(8,2)11)9-5-13-6-9/h8-9H,3-7H2,1-2H3. The lowest BCUT2D eigenvalue weighted by Crippen LogP contribution is -2.57. The van der Waals surface area contributed by atoms with Gasteiger partial charge in [-0.3, -0.25) is 4.90 Å². The lowest BCUT2D eigenvalue weighted by Gasteiger charge is -2.45. The van der Waals surface area contributed by atoms with E-state index in [0.717, 1.165) is 26.2 Å². The molecule has 0 bridgehead atoms. The molecular formula is C10H18FNO. The Morgan fingerprint density at radius 2 is 2.15 bits per heavy atom. The second-order valence-corrected chi connectivity index (χ2v) is 4.63. The summed E-state index contributed by atoms with van der Waals surface area (Å²) < 4.78 is 19.1. The summed E-state index contributed by atoms with van der Waals surface area (Å²) >= 11 is 0. The molecule has 2 saturated heterocycles. The van der Waals surface area contributed by atoms with Crippen molar-refractivity contribution < 1.29 is 9.13 Å². The highest BCUT2D eigenvalue weighted by Crippen LogP contribution is 2.32. The number of likely N-dealkylation sites (tertiary alicyclic amines) is 1. The van der Waals surface area contributed by atoms with Crippen LogP contribution in [0.1, 0.15) is 20.3 Å². The van der Waals surface area contributed by atoms with Gasteiger partial charge in [-0.15, -0.1) is 0 Å². The average Bonchev–Trinajstić information content (AvgIpc) is 1.92. The molecule has 0 aromatic rings.